The zero-order valence-electron chi connectivity index (χ0n) is 8.28. The molecular formula is C9H6F6OS. The van der Waals surface area contributed by atoms with Gasteiger partial charge in [0.2, 0.25) is 0 Å². The van der Waals surface area contributed by atoms with Crippen molar-refractivity contribution in [3.05, 3.63) is 23.3 Å². The Morgan fingerprint density at radius 3 is 1.88 bits per heavy atom. The summed E-state index contributed by atoms with van der Waals surface area (Å²) >= 11 is 0.531. The fourth-order valence-electron chi connectivity index (χ4n) is 1.20. The molecule has 1 aromatic rings. The number of thioether (sulfide) groups is 1. The molecule has 0 aliphatic rings. The second-order valence-electron chi connectivity index (χ2n) is 3.07. The van der Waals surface area contributed by atoms with Crippen LogP contribution >= 0.6 is 11.8 Å². The first-order valence-electron chi connectivity index (χ1n) is 4.12. The minimum Gasteiger partial charge on any atom is -0.507 e. The molecule has 0 aromatic heterocycles. The third-order valence-electron chi connectivity index (χ3n) is 1.91. The van der Waals surface area contributed by atoms with E-state index in [4.69, 9.17) is 0 Å². The highest BCUT2D eigenvalue weighted by molar-refractivity contribution is 7.98. The Labute approximate surface area is 96.4 Å². The first-order valence-corrected chi connectivity index (χ1v) is 5.35. The van der Waals surface area contributed by atoms with Gasteiger partial charge in [-0.15, -0.1) is 11.8 Å². The molecule has 0 spiro atoms. The molecule has 1 aromatic carbocycles. The molecule has 0 fully saturated rings. The van der Waals surface area contributed by atoms with Crippen LogP contribution in [0, 0.1) is 0 Å². The fraction of sp³-hybridized carbons (Fsp3) is 0.333. The Morgan fingerprint density at radius 1 is 1.00 bits per heavy atom. The van der Waals surface area contributed by atoms with Gasteiger partial charge in [-0.1, -0.05) is 0 Å². The second-order valence-corrected chi connectivity index (χ2v) is 3.89. The highest BCUT2D eigenvalue weighted by Gasteiger charge is 2.39. The van der Waals surface area contributed by atoms with Crippen LogP contribution in [0.2, 0.25) is 0 Å². The van der Waals surface area contributed by atoms with Crippen LogP contribution in [0.15, 0.2) is 17.0 Å². The second kappa shape index (κ2) is 4.32. The van der Waals surface area contributed by atoms with Crippen LogP contribution in [0.1, 0.15) is 11.1 Å². The topological polar surface area (TPSA) is 20.2 Å². The molecule has 96 valence electrons. The first kappa shape index (κ1) is 14.0. The normalized spacial score (nSPS) is 12.9. The molecule has 8 heteroatoms. The van der Waals surface area contributed by atoms with E-state index in [1.807, 2.05) is 0 Å². The lowest BCUT2D eigenvalue weighted by Crippen LogP contribution is -2.12. The molecule has 0 aliphatic carbocycles. The van der Waals surface area contributed by atoms with Crippen molar-refractivity contribution in [2.45, 2.75) is 17.2 Å². The van der Waals surface area contributed by atoms with Crippen LogP contribution < -0.4 is 0 Å². The van der Waals surface area contributed by atoms with Gasteiger partial charge in [0.25, 0.3) is 0 Å². The monoisotopic (exact) mass is 276 g/mol. The molecular weight excluding hydrogens is 270 g/mol. The summed E-state index contributed by atoms with van der Waals surface area (Å²) in [6, 6.07) is 0.270. The lowest BCUT2D eigenvalue weighted by molar-refractivity contribution is -0.144. The third kappa shape index (κ3) is 2.99. The molecule has 0 unspecified atom stereocenters. The molecule has 0 atom stereocenters. The quantitative estimate of drug-likeness (QED) is 0.614. The molecule has 1 nitrogen and oxygen atoms in total. The van der Waals surface area contributed by atoms with E-state index < -0.39 is 34.1 Å². The van der Waals surface area contributed by atoms with Gasteiger partial charge in [0, 0.05) is 0 Å². The van der Waals surface area contributed by atoms with Crippen molar-refractivity contribution in [1.82, 2.24) is 0 Å². The Kier molecular flexibility index (Phi) is 3.56. The highest BCUT2D eigenvalue weighted by Crippen LogP contribution is 2.44. The van der Waals surface area contributed by atoms with E-state index >= 15 is 0 Å². The summed E-state index contributed by atoms with van der Waals surface area (Å²) in [6.45, 7) is 0. The summed E-state index contributed by atoms with van der Waals surface area (Å²) in [5.41, 5.74) is -3.02. The van der Waals surface area contributed by atoms with Gasteiger partial charge in [-0.2, -0.15) is 26.3 Å². The van der Waals surface area contributed by atoms with Crippen molar-refractivity contribution in [1.29, 1.82) is 0 Å². The van der Waals surface area contributed by atoms with Gasteiger partial charge in [0.1, 0.15) is 5.75 Å². The van der Waals surface area contributed by atoms with Crippen molar-refractivity contribution in [3.8, 4) is 5.75 Å². The maximum Gasteiger partial charge on any atom is 0.417 e. The Morgan fingerprint density at radius 2 is 1.53 bits per heavy atom. The zero-order valence-corrected chi connectivity index (χ0v) is 9.09. The number of hydrogen-bond acceptors (Lipinski definition) is 2. The van der Waals surface area contributed by atoms with Crippen LogP contribution in [0.5, 0.6) is 5.75 Å². The lowest BCUT2D eigenvalue weighted by Gasteiger charge is -2.16. The maximum absolute atomic E-state index is 12.5. The molecule has 0 saturated heterocycles. The van der Waals surface area contributed by atoms with E-state index in [1.54, 1.807) is 0 Å². The summed E-state index contributed by atoms with van der Waals surface area (Å²) in [5.74, 6) is -1.03. The Hall–Kier alpha value is -1.05. The highest BCUT2D eigenvalue weighted by atomic mass is 32.2. The zero-order chi connectivity index (χ0) is 13.4. The summed E-state index contributed by atoms with van der Waals surface area (Å²) in [4.78, 5) is -0.620. The van der Waals surface area contributed by atoms with Crippen molar-refractivity contribution in [2.75, 3.05) is 6.26 Å². The molecule has 0 radical (unpaired) electrons. The molecule has 0 aliphatic heterocycles. The predicted octanol–water partition coefficient (Wildman–Crippen LogP) is 4.15. The first-order chi connectivity index (χ1) is 7.57. The SMILES string of the molecule is CSc1c(O)cc(C(F)(F)F)cc1C(F)(F)F. The molecule has 0 bridgehead atoms. The average Bonchev–Trinajstić information content (AvgIpc) is 2.13. The molecule has 1 N–H and O–H groups in total. The average molecular weight is 276 g/mol. The van der Waals surface area contributed by atoms with E-state index in [1.165, 1.54) is 6.26 Å². The van der Waals surface area contributed by atoms with Crippen molar-refractivity contribution >= 4 is 11.8 Å². The molecule has 1 rings (SSSR count). The number of rotatable bonds is 1. The molecule has 0 amide bonds. The van der Waals surface area contributed by atoms with Crippen LogP contribution in [-0.4, -0.2) is 11.4 Å². The van der Waals surface area contributed by atoms with Gasteiger partial charge in [-0.25, -0.2) is 0 Å². The van der Waals surface area contributed by atoms with Crippen LogP contribution in [0.3, 0.4) is 0 Å². The van der Waals surface area contributed by atoms with Crippen molar-refractivity contribution < 1.29 is 31.4 Å². The van der Waals surface area contributed by atoms with E-state index in [9.17, 15) is 31.4 Å². The number of phenols is 1. The van der Waals surface area contributed by atoms with E-state index in [0.29, 0.717) is 11.8 Å². The van der Waals surface area contributed by atoms with Gasteiger partial charge in [0.15, 0.2) is 0 Å². The predicted molar refractivity (Wildman–Crippen MR) is 49.9 cm³/mol. The number of phenolic OH excluding ortho intramolecular Hbond substituents is 1. The van der Waals surface area contributed by atoms with Gasteiger partial charge in [-0.05, 0) is 18.4 Å². The standard InChI is InChI=1S/C9H6F6OS/c1-17-7-5(9(13,14)15)2-4(3-6(7)16)8(10,11)12/h2-3,16H,1H3. The largest absolute Gasteiger partial charge is 0.507 e. The summed E-state index contributed by atoms with van der Waals surface area (Å²) in [6.07, 6.45) is -8.65. The van der Waals surface area contributed by atoms with Gasteiger partial charge in [-0.3, -0.25) is 0 Å². The van der Waals surface area contributed by atoms with E-state index in [2.05, 4.69) is 0 Å². The maximum atomic E-state index is 12.5. The fourth-order valence-corrected chi connectivity index (χ4v) is 1.86. The number of benzene rings is 1. The Balaban J connectivity index is 3.51. The lowest BCUT2D eigenvalue weighted by atomic mass is 10.1. The van der Waals surface area contributed by atoms with Gasteiger partial charge >= 0.3 is 12.4 Å². The van der Waals surface area contributed by atoms with Crippen molar-refractivity contribution in [2.24, 2.45) is 0 Å². The van der Waals surface area contributed by atoms with Gasteiger partial charge in [0.05, 0.1) is 16.0 Å². The minimum atomic E-state index is -4.95. The number of aromatic hydroxyl groups is 1. The van der Waals surface area contributed by atoms with E-state index in [-0.39, 0.29) is 12.1 Å². The number of hydrogen-bond donors (Lipinski definition) is 1. The summed E-state index contributed by atoms with van der Waals surface area (Å²) < 4.78 is 74.3. The minimum absolute atomic E-state index is 0.00838. The Bertz CT molecular complexity index is 423. The van der Waals surface area contributed by atoms with Crippen LogP contribution in [0.4, 0.5) is 26.3 Å². The molecule has 0 saturated carbocycles. The van der Waals surface area contributed by atoms with Gasteiger partial charge < -0.3 is 5.11 Å². The van der Waals surface area contributed by atoms with Crippen LogP contribution in [0.25, 0.3) is 0 Å². The van der Waals surface area contributed by atoms with Crippen LogP contribution in [-0.2, 0) is 12.4 Å². The van der Waals surface area contributed by atoms with E-state index in [0.717, 1.165) is 0 Å². The summed E-state index contributed by atoms with van der Waals surface area (Å²) in [7, 11) is 0. The van der Waals surface area contributed by atoms with Crippen molar-refractivity contribution in [3.63, 3.8) is 0 Å². The number of alkyl halides is 6. The smallest absolute Gasteiger partial charge is 0.417 e. The molecule has 17 heavy (non-hydrogen) atoms. The summed E-state index contributed by atoms with van der Waals surface area (Å²) in [5, 5.41) is 9.18. The molecule has 0 heterocycles. The third-order valence-corrected chi connectivity index (χ3v) is 2.74. The number of halogens is 6.